The van der Waals surface area contributed by atoms with E-state index >= 15 is 0 Å². The van der Waals surface area contributed by atoms with E-state index in [0.717, 1.165) is 31.7 Å². The minimum Gasteiger partial charge on any atom is -0.494 e. The smallest absolute Gasteiger partial charge is 0.122 e. The molecule has 0 aromatic heterocycles. The summed E-state index contributed by atoms with van der Waals surface area (Å²) in [6.45, 7) is 7.86. The lowest BCUT2D eigenvalue weighted by atomic mass is 9.96. The second-order valence-electron chi connectivity index (χ2n) is 4.43. The molecule has 0 radical (unpaired) electrons. The maximum Gasteiger partial charge on any atom is 0.122 e. The molecule has 90 valence electrons. The molecule has 0 heterocycles. The van der Waals surface area contributed by atoms with Crippen LogP contribution in [-0.2, 0) is 6.42 Å². The van der Waals surface area contributed by atoms with Gasteiger partial charge in [-0.05, 0) is 50.8 Å². The van der Waals surface area contributed by atoms with Gasteiger partial charge < -0.3 is 10.5 Å². The second-order valence-corrected chi connectivity index (χ2v) is 4.43. The number of rotatable bonds is 6. The molecule has 2 heteroatoms. The van der Waals surface area contributed by atoms with Crippen LogP contribution in [-0.4, -0.2) is 13.2 Å². The molecule has 1 rings (SSSR count). The van der Waals surface area contributed by atoms with E-state index in [0.29, 0.717) is 5.92 Å². The number of ether oxygens (including phenoxy) is 1. The Morgan fingerprint density at radius 3 is 2.75 bits per heavy atom. The standard InChI is InChI=1S/C14H23NO/c1-4-16-14-6-5-11(2)9-13(14)10-12(3)7-8-15/h5-6,9,12H,4,7-8,10,15H2,1-3H3. The van der Waals surface area contributed by atoms with E-state index in [1.165, 1.54) is 11.1 Å². The average molecular weight is 221 g/mol. The third-order valence-electron chi connectivity index (χ3n) is 2.74. The van der Waals surface area contributed by atoms with Crippen LogP contribution in [0.4, 0.5) is 0 Å². The first kappa shape index (κ1) is 13.0. The summed E-state index contributed by atoms with van der Waals surface area (Å²) in [7, 11) is 0. The summed E-state index contributed by atoms with van der Waals surface area (Å²) in [4.78, 5) is 0. The van der Waals surface area contributed by atoms with Gasteiger partial charge in [0.25, 0.3) is 0 Å². The SMILES string of the molecule is CCOc1ccc(C)cc1CC(C)CCN. The Hall–Kier alpha value is -1.02. The van der Waals surface area contributed by atoms with Crippen molar-refractivity contribution < 1.29 is 4.74 Å². The predicted octanol–water partition coefficient (Wildman–Crippen LogP) is 2.92. The highest BCUT2D eigenvalue weighted by Crippen LogP contribution is 2.24. The van der Waals surface area contributed by atoms with Crippen molar-refractivity contribution in [3.05, 3.63) is 29.3 Å². The van der Waals surface area contributed by atoms with Gasteiger partial charge in [-0.2, -0.15) is 0 Å². The lowest BCUT2D eigenvalue weighted by Gasteiger charge is -2.15. The van der Waals surface area contributed by atoms with Gasteiger partial charge in [0.1, 0.15) is 5.75 Å². The van der Waals surface area contributed by atoms with Gasteiger partial charge in [0, 0.05) is 0 Å². The van der Waals surface area contributed by atoms with Gasteiger partial charge in [-0.25, -0.2) is 0 Å². The van der Waals surface area contributed by atoms with Crippen molar-refractivity contribution in [1.29, 1.82) is 0 Å². The van der Waals surface area contributed by atoms with Gasteiger partial charge >= 0.3 is 0 Å². The quantitative estimate of drug-likeness (QED) is 0.801. The van der Waals surface area contributed by atoms with Crippen molar-refractivity contribution in [2.45, 2.75) is 33.6 Å². The summed E-state index contributed by atoms with van der Waals surface area (Å²) >= 11 is 0. The van der Waals surface area contributed by atoms with E-state index < -0.39 is 0 Å². The van der Waals surface area contributed by atoms with Crippen LogP contribution in [0.3, 0.4) is 0 Å². The zero-order valence-electron chi connectivity index (χ0n) is 10.6. The summed E-state index contributed by atoms with van der Waals surface area (Å²) in [6, 6.07) is 6.39. The zero-order chi connectivity index (χ0) is 12.0. The second kappa shape index (κ2) is 6.54. The molecular weight excluding hydrogens is 198 g/mol. The molecular formula is C14H23NO. The van der Waals surface area contributed by atoms with E-state index in [1.54, 1.807) is 0 Å². The molecule has 1 aromatic carbocycles. The zero-order valence-corrected chi connectivity index (χ0v) is 10.6. The lowest BCUT2D eigenvalue weighted by Crippen LogP contribution is -2.09. The van der Waals surface area contributed by atoms with E-state index in [-0.39, 0.29) is 0 Å². The molecule has 1 unspecified atom stereocenters. The molecule has 1 atom stereocenters. The maximum absolute atomic E-state index is 5.64. The fourth-order valence-electron chi connectivity index (χ4n) is 1.93. The van der Waals surface area contributed by atoms with Crippen LogP contribution in [0, 0.1) is 12.8 Å². The molecule has 0 saturated heterocycles. The van der Waals surface area contributed by atoms with E-state index in [4.69, 9.17) is 10.5 Å². The molecule has 0 aliphatic heterocycles. The summed E-state index contributed by atoms with van der Waals surface area (Å²) in [5.41, 5.74) is 8.18. The molecule has 0 saturated carbocycles. The molecule has 0 amide bonds. The van der Waals surface area contributed by atoms with Gasteiger partial charge in [0.2, 0.25) is 0 Å². The van der Waals surface area contributed by atoms with Gasteiger partial charge in [-0.15, -0.1) is 0 Å². The first-order chi connectivity index (χ1) is 7.67. The first-order valence-electron chi connectivity index (χ1n) is 6.09. The molecule has 0 bridgehead atoms. The Balaban J connectivity index is 2.78. The van der Waals surface area contributed by atoms with Crippen molar-refractivity contribution in [3.8, 4) is 5.75 Å². The number of nitrogens with two attached hydrogens (primary N) is 1. The summed E-state index contributed by atoms with van der Waals surface area (Å²) in [5.74, 6) is 1.64. The number of aryl methyl sites for hydroxylation is 1. The fraction of sp³-hybridized carbons (Fsp3) is 0.571. The van der Waals surface area contributed by atoms with Crippen molar-refractivity contribution in [3.63, 3.8) is 0 Å². The molecule has 0 spiro atoms. The largest absolute Gasteiger partial charge is 0.494 e. The van der Waals surface area contributed by atoms with Crippen molar-refractivity contribution >= 4 is 0 Å². The normalized spacial score (nSPS) is 12.5. The van der Waals surface area contributed by atoms with Crippen LogP contribution in [0.5, 0.6) is 5.75 Å². The summed E-state index contributed by atoms with van der Waals surface area (Å²) in [5, 5.41) is 0. The van der Waals surface area contributed by atoms with E-state index in [9.17, 15) is 0 Å². The van der Waals surface area contributed by atoms with Crippen molar-refractivity contribution in [1.82, 2.24) is 0 Å². The molecule has 0 aliphatic rings. The van der Waals surface area contributed by atoms with Crippen LogP contribution in [0.1, 0.15) is 31.4 Å². The third-order valence-corrected chi connectivity index (χ3v) is 2.74. The Kier molecular flexibility index (Phi) is 5.33. The topological polar surface area (TPSA) is 35.2 Å². The summed E-state index contributed by atoms with van der Waals surface area (Å²) < 4.78 is 5.64. The Bertz CT molecular complexity index is 323. The average Bonchev–Trinajstić information content (AvgIpc) is 2.22. The van der Waals surface area contributed by atoms with Crippen LogP contribution in [0.2, 0.25) is 0 Å². The van der Waals surface area contributed by atoms with Crippen LogP contribution >= 0.6 is 0 Å². The monoisotopic (exact) mass is 221 g/mol. The first-order valence-corrected chi connectivity index (χ1v) is 6.09. The lowest BCUT2D eigenvalue weighted by molar-refractivity contribution is 0.334. The molecule has 1 aromatic rings. The Morgan fingerprint density at radius 1 is 1.38 bits per heavy atom. The minimum absolute atomic E-state index is 0.617. The molecule has 2 N–H and O–H groups in total. The van der Waals surface area contributed by atoms with Gasteiger partial charge in [-0.3, -0.25) is 0 Å². The molecule has 16 heavy (non-hydrogen) atoms. The van der Waals surface area contributed by atoms with Crippen LogP contribution < -0.4 is 10.5 Å². The Labute approximate surface area is 98.8 Å². The predicted molar refractivity (Wildman–Crippen MR) is 68.9 cm³/mol. The highest BCUT2D eigenvalue weighted by Gasteiger charge is 2.08. The van der Waals surface area contributed by atoms with Gasteiger partial charge in [0.05, 0.1) is 6.61 Å². The number of hydrogen-bond donors (Lipinski definition) is 1. The van der Waals surface area contributed by atoms with Crippen molar-refractivity contribution in [2.75, 3.05) is 13.2 Å². The Morgan fingerprint density at radius 2 is 2.12 bits per heavy atom. The van der Waals surface area contributed by atoms with Crippen molar-refractivity contribution in [2.24, 2.45) is 11.7 Å². The highest BCUT2D eigenvalue weighted by molar-refractivity contribution is 5.37. The molecule has 0 fully saturated rings. The van der Waals surface area contributed by atoms with E-state index in [2.05, 4.69) is 32.0 Å². The number of benzene rings is 1. The summed E-state index contributed by atoms with van der Waals surface area (Å²) in [6.07, 6.45) is 2.12. The third kappa shape index (κ3) is 3.86. The van der Waals surface area contributed by atoms with E-state index in [1.807, 2.05) is 6.92 Å². The van der Waals surface area contributed by atoms with Crippen LogP contribution in [0.15, 0.2) is 18.2 Å². The highest BCUT2D eigenvalue weighted by atomic mass is 16.5. The maximum atomic E-state index is 5.64. The molecule has 0 aliphatic carbocycles. The number of hydrogen-bond acceptors (Lipinski definition) is 2. The minimum atomic E-state index is 0.617. The van der Waals surface area contributed by atoms with Gasteiger partial charge in [0.15, 0.2) is 0 Å². The van der Waals surface area contributed by atoms with Crippen LogP contribution in [0.25, 0.3) is 0 Å². The fourth-order valence-corrected chi connectivity index (χ4v) is 1.93. The molecule has 2 nitrogen and oxygen atoms in total. The van der Waals surface area contributed by atoms with Gasteiger partial charge in [-0.1, -0.05) is 24.6 Å².